The van der Waals surface area contributed by atoms with E-state index in [1.165, 1.54) is 4.31 Å². The second kappa shape index (κ2) is 9.07. The Balaban J connectivity index is 1.61. The van der Waals surface area contributed by atoms with Gasteiger partial charge in [0.05, 0.1) is 11.7 Å². The van der Waals surface area contributed by atoms with Crippen LogP contribution in [0.4, 0.5) is 0 Å². The van der Waals surface area contributed by atoms with E-state index in [4.69, 9.17) is 11.6 Å². The summed E-state index contributed by atoms with van der Waals surface area (Å²) in [5.74, 6) is -0.525. The normalized spacial score (nSPS) is 18.0. The zero-order chi connectivity index (χ0) is 20.1. The van der Waals surface area contributed by atoms with E-state index in [0.29, 0.717) is 36.5 Å². The summed E-state index contributed by atoms with van der Waals surface area (Å²) in [7, 11) is -3.50. The van der Waals surface area contributed by atoms with Gasteiger partial charge in [0.1, 0.15) is 0 Å². The molecule has 1 heterocycles. The van der Waals surface area contributed by atoms with Crippen LogP contribution in [0.15, 0.2) is 48.5 Å². The summed E-state index contributed by atoms with van der Waals surface area (Å²) in [6.45, 7) is 3.14. The fourth-order valence-corrected chi connectivity index (χ4v) is 5.28. The average molecular weight is 421 g/mol. The average Bonchev–Trinajstić information content (AvgIpc) is 2.67. The van der Waals surface area contributed by atoms with Gasteiger partial charge in [0.25, 0.3) is 0 Å². The SMILES string of the molecule is Cc1ccccc1CNC(=O)C1CCCN(S(=O)(=O)Cc2cccc(Cl)c2)C1. The molecule has 0 spiro atoms. The van der Waals surface area contributed by atoms with Gasteiger partial charge in [-0.2, -0.15) is 0 Å². The predicted octanol–water partition coefficient (Wildman–Crippen LogP) is 3.51. The number of hydrogen-bond acceptors (Lipinski definition) is 3. The number of amides is 1. The van der Waals surface area contributed by atoms with E-state index in [2.05, 4.69) is 5.32 Å². The molecule has 0 radical (unpaired) electrons. The third-order valence-corrected chi connectivity index (χ3v) is 7.15. The quantitative estimate of drug-likeness (QED) is 0.777. The summed E-state index contributed by atoms with van der Waals surface area (Å²) < 4.78 is 27.1. The van der Waals surface area contributed by atoms with Crippen LogP contribution in [0, 0.1) is 12.8 Å². The first-order valence-electron chi connectivity index (χ1n) is 9.39. The van der Waals surface area contributed by atoms with Gasteiger partial charge in [-0.15, -0.1) is 0 Å². The fourth-order valence-electron chi connectivity index (χ4n) is 3.47. The Hall–Kier alpha value is -1.89. The number of sulfonamides is 1. The Labute approximate surface area is 171 Å². The van der Waals surface area contributed by atoms with E-state index in [-0.39, 0.29) is 24.1 Å². The maximum Gasteiger partial charge on any atom is 0.224 e. The molecule has 1 aliphatic heterocycles. The second-order valence-corrected chi connectivity index (χ2v) is 9.63. The Morgan fingerprint density at radius 2 is 2.00 bits per heavy atom. The Morgan fingerprint density at radius 1 is 1.21 bits per heavy atom. The maximum atomic E-state index is 12.8. The van der Waals surface area contributed by atoms with E-state index in [9.17, 15) is 13.2 Å². The standard InChI is InChI=1S/C21H25ClN2O3S/c1-16-6-2-3-8-18(16)13-23-21(25)19-9-5-11-24(14-19)28(26,27)15-17-7-4-10-20(22)12-17/h2-4,6-8,10,12,19H,5,9,11,13-15H2,1H3,(H,23,25). The number of halogens is 1. The summed E-state index contributed by atoms with van der Waals surface area (Å²) in [6.07, 6.45) is 1.38. The number of nitrogens with zero attached hydrogens (tertiary/aromatic N) is 1. The van der Waals surface area contributed by atoms with Crippen LogP contribution in [-0.2, 0) is 27.1 Å². The monoisotopic (exact) mass is 420 g/mol. The van der Waals surface area contributed by atoms with E-state index >= 15 is 0 Å². The van der Waals surface area contributed by atoms with Gasteiger partial charge in [0.2, 0.25) is 15.9 Å². The van der Waals surface area contributed by atoms with Gasteiger partial charge >= 0.3 is 0 Å². The molecule has 3 rings (SSSR count). The number of nitrogens with one attached hydrogen (secondary N) is 1. The lowest BCUT2D eigenvalue weighted by molar-refractivity contribution is -0.126. The first-order chi connectivity index (χ1) is 13.3. The highest BCUT2D eigenvalue weighted by atomic mass is 35.5. The van der Waals surface area contributed by atoms with Crippen LogP contribution >= 0.6 is 11.6 Å². The molecule has 1 fully saturated rings. The van der Waals surface area contributed by atoms with Gasteiger partial charge in [-0.05, 0) is 48.6 Å². The van der Waals surface area contributed by atoms with E-state index in [0.717, 1.165) is 11.1 Å². The van der Waals surface area contributed by atoms with Crippen molar-refractivity contribution in [2.75, 3.05) is 13.1 Å². The largest absolute Gasteiger partial charge is 0.352 e. The number of hydrogen-bond donors (Lipinski definition) is 1. The summed E-state index contributed by atoms with van der Waals surface area (Å²) >= 11 is 5.96. The fraction of sp³-hybridized carbons (Fsp3) is 0.381. The molecule has 2 aromatic carbocycles. The predicted molar refractivity (Wildman–Crippen MR) is 111 cm³/mol. The first kappa shape index (κ1) is 20.8. The lowest BCUT2D eigenvalue weighted by Gasteiger charge is -2.31. The first-order valence-corrected chi connectivity index (χ1v) is 11.4. The highest BCUT2D eigenvalue weighted by Crippen LogP contribution is 2.23. The van der Waals surface area contributed by atoms with E-state index in [1.54, 1.807) is 24.3 Å². The Morgan fingerprint density at radius 3 is 2.75 bits per heavy atom. The molecule has 0 aliphatic carbocycles. The van der Waals surface area contributed by atoms with Crippen LogP contribution in [0.3, 0.4) is 0 Å². The number of aryl methyl sites for hydroxylation is 1. The van der Waals surface area contributed by atoms with Crippen molar-refractivity contribution in [1.82, 2.24) is 9.62 Å². The van der Waals surface area contributed by atoms with Crippen molar-refractivity contribution < 1.29 is 13.2 Å². The highest BCUT2D eigenvalue weighted by molar-refractivity contribution is 7.88. The van der Waals surface area contributed by atoms with Crippen molar-refractivity contribution in [2.24, 2.45) is 5.92 Å². The van der Waals surface area contributed by atoms with Crippen molar-refractivity contribution in [1.29, 1.82) is 0 Å². The van der Waals surface area contributed by atoms with Crippen LogP contribution < -0.4 is 5.32 Å². The lowest BCUT2D eigenvalue weighted by atomic mass is 9.98. The molecule has 1 N–H and O–H groups in total. The molecule has 7 heteroatoms. The second-order valence-electron chi connectivity index (χ2n) is 7.23. The van der Waals surface area contributed by atoms with E-state index in [1.807, 2.05) is 31.2 Å². The van der Waals surface area contributed by atoms with Crippen LogP contribution in [0.1, 0.15) is 29.5 Å². The highest BCUT2D eigenvalue weighted by Gasteiger charge is 2.32. The molecule has 0 bridgehead atoms. The third-order valence-electron chi connectivity index (χ3n) is 5.10. The number of carbonyl (C=O) groups excluding carboxylic acids is 1. The minimum atomic E-state index is -3.50. The molecule has 150 valence electrons. The third kappa shape index (κ3) is 5.34. The summed E-state index contributed by atoms with van der Waals surface area (Å²) in [4.78, 5) is 12.6. The smallest absolute Gasteiger partial charge is 0.224 e. The van der Waals surface area contributed by atoms with Crippen molar-refractivity contribution in [3.63, 3.8) is 0 Å². The summed E-state index contributed by atoms with van der Waals surface area (Å²) in [5, 5.41) is 3.47. The van der Waals surface area contributed by atoms with Gasteiger partial charge in [-0.25, -0.2) is 12.7 Å². The molecule has 1 aliphatic rings. The van der Waals surface area contributed by atoms with Gasteiger partial charge < -0.3 is 5.32 Å². The zero-order valence-corrected chi connectivity index (χ0v) is 17.5. The number of benzene rings is 2. The van der Waals surface area contributed by atoms with Crippen LogP contribution in [0.25, 0.3) is 0 Å². The van der Waals surface area contributed by atoms with E-state index < -0.39 is 10.0 Å². The van der Waals surface area contributed by atoms with Gasteiger partial charge in [0.15, 0.2) is 0 Å². The molecule has 0 saturated carbocycles. The number of carbonyl (C=O) groups is 1. The topological polar surface area (TPSA) is 66.5 Å². The lowest BCUT2D eigenvalue weighted by Crippen LogP contribution is -2.45. The van der Waals surface area contributed by atoms with Crippen LogP contribution in [0.2, 0.25) is 5.02 Å². The van der Waals surface area contributed by atoms with Gasteiger partial charge in [-0.1, -0.05) is 48.0 Å². The molecule has 1 atom stereocenters. The van der Waals surface area contributed by atoms with Crippen LogP contribution in [0.5, 0.6) is 0 Å². The van der Waals surface area contributed by atoms with Gasteiger partial charge in [0, 0.05) is 24.7 Å². The van der Waals surface area contributed by atoms with Crippen molar-refractivity contribution in [3.05, 3.63) is 70.2 Å². The Kier molecular flexibility index (Phi) is 6.75. The summed E-state index contributed by atoms with van der Waals surface area (Å²) in [6, 6.07) is 14.8. The molecule has 5 nitrogen and oxygen atoms in total. The molecular formula is C21H25ClN2O3S. The van der Waals surface area contributed by atoms with Crippen molar-refractivity contribution >= 4 is 27.5 Å². The number of piperidine rings is 1. The zero-order valence-electron chi connectivity index (χ0n) is 15.9. The van der Waals surface area contributed by atoms with Gasteiger partial charge in [-0.3, -0.25) is 4.79 Å². The Bertz CT molecular complexity index is 946. The summed E-state index contributed by atoms with van der Waals surface area (Å²) in [5.41, 5.74) is 2.84. The van der Waals surface area contributed by atoms with Crippen molar-refractivity contribution in [3.8, 4) is 0 Å². The maximum absolute atomic E-state index is 12.8. The molecule has 2 aromatic rings. The van der Waals surface area contributed by atoms with Crippen LogP contribution in [-0.4, -0.2) is 31.7 Å². The molecular weight excluding hydrogens is 396 g/mol. The minimum absolute atomic E-state index is 0.0918. The van der Waals surface area contributed by atoms with Crippen molar-refractivity contribution in [2.45, 2.75) is 32.1 Å². The molecule has 28 heavy (non-hydrogen) atoms. The molecule has 1 amide bonds. The molecule has 0 aromatic heterocycles. The number of rotatable bonds is 6. The molecule has 1 saturated heterocycles. The minimum Gasteiger partial charge on any atom is -0.352 e. The molecule has 1 unspecified atom stereocenters.